The molecule has 0 amide bonds. The van der Waals surface area contributed by atoms with Crippen molar-refractivity contribution in [2.24, 2.45) is 5.92 Å². The van der Waals surface area contributed by atoms with Gasteiger partial charge in [0.2, 0.25) is 0 Å². The van der Waals surface area contributed by atoms with Gasteiger partial charge in [0.05, 0.1) is 0 Å². The molecular weight excluding hydrogens is 206 g/mol. The Morgan fingerprint density at radius 1 is 1.06 bits per heavy atom. The summed E-state index contributed by atoms with van der Waals surface area (Å²) < 4.78 is 0. The zero-order valence-corrected chi connectivity index (χ0v) is 11.6. The van der Waals surface area contributed by atoms with Crippen molar-refractivity contribution < 1.29 is 0 Å². The van der Waals surface area contributed by atoms with Gasteiger partial charge in [-0.25, -0.2) is 0 Å². The van der Waals surface area contributed by atoms with Crippen LogP contribution in [0.25, 0.3) is 0 Å². The Labute approximate surface area is 106 Å². The first kappa shape index (κ1) is 12.6. The van der Waals surface area contributed by atoms with Crippen LogP contribution in [0.1, 0.15) is 45.6 Å². The molecule has 0 saturated carbocycles. The lowest BCUT2D eigenvalue weighted by atomic mass is 9.85. The van der Waals surface area contributed by atoms with Crippen LogP contribution in [0.3, 0.4) is 0 Å². The molecule has 0 bridgehead atoms. The lowest BCUT2D eigenvalue weighted by Gasteiger charge is -2.34. The zero-order valence-electron chi connectivity index (χ0n) is 11.6. The normalized spacial score (nSPS) is 26.0. The average Bonchev–Trinajstić information content (AvgIpc) is 2.74. The van der Waals surface area contributed by atoms with Gasteiger partial charge in [0, 0.05) is 18.0 Å². The quantitative estimate of drug-likeness (QED) is 0.762. The molecule has 2 unspecified atom stereocenters. The summed E-state index contributed by atoms with van der Waals surface area (Å²) in [5.41, 5.74) is 1.52. The van der Waals surface area contributed by atoms with Crippen molar-refractivity contribution in [1.29, 1.82) is 0 Å². The van der Waals surface area contributed by atoms with Gasteiger partial charge in [0.1, 0.15) is 0 Å². The summed E-state index contributed by atoms with van der Waals surface area (Å²) in [6.07, 6.45) is 1.31. The number of benzene rings is 1. The van der Waals surface area contributed by atoms with Crippen LogP contribution in [0.4, 0.5) is 0 Å². The van der Waals surface area contributed by atoms with Crippen molar-refractivity contribution in [2.45, 2.75) is 52.1 Å². The second-order valence-electron chi connectivity index (χ2n) is 5.87. The van der Waals surface area contributed by atoms with E-state index in [1.165, 1.54) is 18.5 Å². The molecule has 0 radical (unpaired) electrons. The van der Waals surface area contributed by atoms with Gasteiger partial charge < -0.3 is 0 Å². The lowest BCUT2D eigenvalue weighted by molar-refractivity contribution is 0.157. The molecule has 94 valence electrons. The molecule has 0 N–H and O–H groups in total. The van der Waals surface area contributed by atoms with Gasteiger partial charge in [0.25, 0.3) is 0 Å². The minimum atomic E-state index is 0.663. The largest absolute Gasteiger partial charge is 0.297 e. The van der Waals surface area contributed by atoms with Crippen LogP contribution in [0.5, 0.6) is 0 Å². The Balaban J connectivity index is 2.24. The van der Waals surface area contributed by atoms with Gasteiger partial charge >= 0.3 is 0 Å². The van der Waals surface area contributed by atoms with Gasteiger partial charge in [-0.1, -0.05) is 44.2 Å². The standard InChI is InChI=1S/C16H25N/c1-12(2)16-15(10-11-17(16)13(3)4)14-8-6-5-7-9-14/h5-9,12-13,15-16H,10-11H2,1-4H3. The second-order valence-corrected chi connectivity index (χ2v) is 5.87. The van der Waals surface area contributed by atoms with Gasteiger partial charge in [0.15, 0.2) is 0 Å². The smallest absolute Gasteiger partial charge is 0.0190 e. The molecule has 1 aliphatic heterocycles. The monoisotopic (exact) mass is 231 g/mol. The van der Waals surface area contributed by atoms with E-state index in [0.717, 1.165) is 11.8 Å². The third-order valence-corrected chi connectivity index (χ3v) is 4.07. The molecule has 1 saturated heterocycles. The van der Waals surface area contributed by atoms with E-state index in [4.69, 9.17) is 0 Å². The predicted molar refractivity (Wildman–Crippen MR) is 74.3 cm³/mol. The van der Waals surface area contributed by atoms with Crippen LogP contribution in [0.15, 0.2) is 30.3 Å². The van der Waals surface area contributed by atoms with Crippen LogP contribution >= 0.6 is 0 Å². The maximum absolute atomic E-state index is 2.68. The Bertz CT molecular complexity index is 342. The van der Waals surface area contributed by atoms with E-state index in [9.17, 15) is 0 Å². The minimum Gasteiger partial charge on any atom is -0.297 e. The van der Waals surface area contributed by atoms with Gasteiger partial charge in [-0.05, 0) is 38.3 Å². The number of likely N-dealkylation sites (tertiary alicyclic amines) is 1. The Morgan fingerprint density at radius 3 is 2.24 bits per heavy atom. The Morgan fingerprint density at radius 2 is 1.71 bits per heavy atom. The van der Waals surface area contributed by atoms with Gasteiger partial charge in [-0.2, -0.15) is 0 Å². The van der Waals surface area contributed by atoms with E-state index >= 15 is 0 Å². The van der Waals surface area contributed by atoms with Crippen molar-refractivity contribution in [1.82, 2.24) is 4.90 Å². The van der Waals surface area contributed by atoms with E-state index in [1.54, 1.807) is 0 Å². The van der Waals surface area contributed by atoms with Crippen molar-refractivity contribution in [3.63, 3.8) is 0 Å². The molecule has 1 aromatic carbocycles. The van der Waals surface area contributed by atoms with E-state index in [2.05, 4.69) is 62.9 Å². The first-order valence-electron chi connectivity index (χ1n) is 6.92. The highest BCUT2D eigenvalue weighted by molar-refractivity contribution is 5.23. The summed E-state index contributed by atoms with van der Waals surface area (Å²) in [6.45, 7) is 10.6. The van der Waals surface area contributed by atoms with E-state index in [-0.39, 0.29) is 0 Å². The fourth-order valence-electron chi connectivity index (χ4n) is 3.35. The molecule has 1 aliphatic rings. The van der Waals surface area contributed by atoms with E-state index in [1.807, 2.05) is 0 Å². The second kappa shape index (κ2) is 5.22. The molecule has 0 spiro atoms. The molecule has 1 heterocycles. The van der Waals surface area contributed by atoms with Crippen LogP contribution in [-0.4, -0.2) is 23.5 Å². The summed E-state index contributed by atoms with van der Waals surface area (Å²) in [4.78, 5) is 2.68. The zero-order chi connectivity index (χ0) is 12.4. The van der Waals surface area contributed by atoms with Crippen LogP contribution in [0, 0.1) is 5.92 Å². The fourth-order valence-corrected chi connectivity index (χ4v) is 3.35. The Kier molecular flexibility index (Phi) is 3.88. The molecule has 0 aliphatic carbocycles. The highest BCUT2D eigenvalue weighted by atomic mass is 15.2. The molecule has 0 aromatic heterocycles. The average molecular weight is 231 g/mol. The van der Waals surface area contributed by atoms with Crippen LogP contribution in [0.2, 0.25) is 0 Å². The van der Waals surface area contributed by atoms with Crippen molar-refractivity contribution in [3.05, 3.63) is 35.9 Å². The maximum atomic E-state index is 2.68. The molecule has 2 rings (SSSR count). The molecular formula is C16H25N. The first-order valence-corrected chi connectivity index (χ1v) is 6.92. The first-order chi connectivity index (χ1) is 8.11. The Hall–Kier alpha value is -0.820. The molecule has 17 heavy (non-hydrogen) atoms. The summed E-state index contributed by atoms with van der Waals surface area (Å²) in [5.74, 6) is 1.45. The SMILES string of the molecule is CC(C)C1C(c2ccccc2)CCN1C(C)C. The molecule has 1 nitrogen and oxygen atoms in total. The summed E-state index contributed by atoms with van der Waals surface area (Å²) in [7, 11) is 0. The lowest BCUT2D eigenvalue weighted by Crippen LogP contribution is -2.40. The summed E-state index contributed by atoms with van der Waals surface area (Å²) >= 11 is 0. The van der Waals surface area contributed by atoms with Crippen molar-refractivity contribution in [2.75, 3.05) is 6.54 Å². The number of hydrogen-bond acceptors (Lipinski definition) is 1. The highest BCUT2D eigenvalue weighted by Crippen LogP contribution is 2.38. The highest BCUT2D eigenvalue weighted by Gasteiger charge is 2.37. The molecule has 2 atom stereocenters. The van der Waals surface area contributed by atoms with Crippen LogP contribution in [-0.2, 0) is 0 Å². The molecule has 1 fully saturated rings. The van der Waals surface area contributed by atoms with Crippen molar-refractivity contribution in [3.8, 4) is 0 Å². The van der Waals surface area contributed by atoms with E-state index in [0.29, 0.717) is 12.1 Å². The number of nitrogens with zero attached hydrogens (tertiary/aromatic N) is 1. The third-order valence-electron chi connectivity index (χ3n) is 4.07. The summed E-state index contributed by atoms with van der Waals surface area (Å²) in [6, 6.07) is 12.4. The third kappa shape index (κ3) is 2.55. The topological polar surface area (TPSA) is 3.24 Å². The van der Waals surface area contributed by atoms with E-state index < -0.39 is 0 Å². The van der Waals surface area contributed by atoms with Gasteiger partial charge in [-0.3, -0.25) is 4.90 Å². The minimum absolute atomic E-state index is 0.663. The number of rotatable bonds is 3. The number of hydrogen-bond donors (Lipinski definition) is 0. The van der Waals surface area contributed by atoms with Crippen LogP contribution < -0.4 is 0 Å². The molecule has 1 aromatic rings. The predicted octanol–water partition coefficient (Wildman–Crippen LogP) is 3.91. The fraction of sp³-hybridized carbons (Fsp3) is 0.625. The summed E-state index contributed by atoms with van der Waals surface area (Å²) in [5, 5.41) is 0. The molecule has 1 heteroatoms. The van der Waals surface area contributed by atoms with Gasteiger partial charge in [-0.15, -0.1) is 0 Å². The maximum Gasteiger partial charge on any atom is 0.0190 e. The van der Waals surface area contributed by atoms with Crippen molar-refractivity contribution >= 4 is 0 Å².